The smallest absolute Gasteiger partial charge is 0.344 e. The number of halogens is 2. The fourth-order valence-corrected chi connectivity index (χ4v) is 2.56. The first-order valence-corrected chi connectivity index (χ1v) is 6.95. The number of esters is 1. The van der Waals surface area contributed by atoms with Crippen LogP contribution in [-0.4, -0.2) is 18.2 Å². The second kappa shape index (κ2) is 6.04. The van der Waals surface area contributed by atoms with Crippen LogP contribution >= 0.6 is 38.5 Å². The van der Waals surface area contributed by atoms with Crippen molar-refractivity contribution in [3.8, 4) is 5.75 Å². The summed E-state index contributed by atoms with van der Waals surface area (Å²) in [4.78, 5) is 11.5. The summed E-state index contributed by atoms with van der Waals surface area (Å²) in [5, 5.41) is 0. The quantitative estimate of drug-likeness (QED) is 0.559. The van der Waals surface area contributed by atoms with Gasteiger partial charge in [0.15, 0.2) is 6.61 Å². The summed E-state index contributed by atoms with van der Waals surface area (Å²) in [5.41, 5.74) is -0.479. The summed E-state index contributed by atoms with van der Waals surface area (Å²) in [5.74, 6) is 0.316. The van der Waals surface area contributed by atoms with Crippen molar-refractivity contribution < 1.29 is 14.3 Å². The van der Waals surface area contributed by atoms with Gasteiger partial charge in [0.05, 0.1) is 3.57 Å². The third kappa shape index (κ3) is 5.72. The minimum atomic E-state index is -0.479. The fourth-order valence-electron chi connectivity index (χ4n) is 1.10. The lowest BCUT2D eigenvalue weighted by Crippen LogP contribution is -2.27. The van der Waals surface area contributed by atoms with Gasteiger partial charge in [0, 0.05) is 4.47 Å². The maximum absolute atomic E-state index is 11.5. The molecule has 0 atom stereocenters. The Kier molecular flexibility index (Phi) is 5.24. The Labute approximate surface area is 123 Å². The summed E-state index contributed by atoms with van der Waals surface area (Å²) in [6.07, 6.45) is 0. The van der Waals surface area contributed by atoms with Crippen molar-refractivity contribution in [3.63, 3.8) is 0 Å². The molecule has 0 saturated heterocycles. The molecular formula is C12H14BrIO3. The molecule has 3 nitrogen and oxygen atoms in total. The number of hydrogen-bond donors (Lipinski definition) is 0. The van der Waals surface area contributed by atoms with Crippen molar-refractivity contribution >= 4 is 44.5 Å². The van der Waals surface area contributed by atoms with E-state index < -0.39 is 5.60 Å². The number of carbonyl (C=O) groups is 1. The van der Waals surface area contributed by atoms with Crippen molar-refractivity contribution in [2.24, 2.45) is 0 Å². The summed E-state index contributed by atoms with van der Waals surface area (Å²) in [6, 6.07) is 5.60. The predicted octanol–water partition coefficient (Wildman–Crippen LogP) is 3.77. The van der Waals surface area contributed by atoms with E-state index in [0.717, 1.165) is 8.04 Å². The lowest BCUT2D eigenvalue weighted by molar-refractivity contribution is -0.157. The molecule has 0 fully saturated rings. The van der Waals surface area contributed by atoms with Crippen LogP contribution < -0.4 is 4.74 Å². The zero-order valence-corrected chi connectivity index (χ0v) is 13.7. The minimum Gasteiger partial charge on any atom is -0.481 e. The number of benzene rings is 1. The standard InChI is InChI=1S/C12H14BrIO3/c1-12(2,3)17-11(15)7-16-10-5-4-8(13)6-9(10)14/h4-6H,7H2,1-3H3. The van der Waals surface area contributed by atoms with Crippen LogP contribution in [0.4, 0.5) is 0 Å². The van der Waals surface area contributed by atoms with Crippen LogP contribution in [0, 0.1) is 3.57 Å². The summed E-state index contributed by atoms with van der Waals surface area (Å²) < 4.78 is 12.5. The lowest BCUT2D eigenvalue weighted by Gasteiger charge is -2.19. The van der Waals surface area contributed by atoms with Gasteiger partial charge in [-0.05, 0) is 61.6 Å². The molecule has 0 aromatic heterocycles. The molecule has 0 N–H and O–H groups in total. The van der Waals surface area contributed by atoms with E-state index in [0.29, 0.717) is 5.75 Å². The van der Waals surface area contributed by atoms with Gasteiger partial charge in [0.1, 0.15) is 11.4 Å². The topological polar surface area (TPSA) is 35.5 Å². The lowest BCUT2D eigenvalue weighted by atomic mass is 10.2. The Balaban J connectivity index is 2.53. The molecular weight excluding hydrogens is 399 g/mol. The first-order valence-electron chi connectivity index (χ1n) is 5.07. The molecule has 0 aliphatic heterocycles. The van der Waals surface area contributed by atoms with Crippen molar-refractivity contribution in [1.82, 2.24) is 0 Å². The first kappa shape index (κ1) is 14.8. The molecule has 5 heteroatoms. The molecule has 1 rings (SSSR count). The van der Waals surface area contributed by atoms with Crippen molar-refractivity contribution in [1.29, 1.82) is 0 Å². The van der Waals surface area contributed by atoms with Crippen LogP contribution in [0.25, 0.3) is 0 Å². The van der Waals surface area contributed by atoms with Crippen LogP contribution in [-0.2, 0) is 9.53 Å². The molecule has 0 aliphatic rings. The highest BCUT2D eigenvalue weighted by atomic mass is 127. The van der Waals surface area contributed by atoms with Gasteiger partial charge in [0.2, 0.25) is 0 Å². The van der Waals surface area contributed by atoms with E-state index in [1.165, 1.54) is 0 Å². The first-order chi connectivity index (χ1) is 7.78. The average molecular weight is 413 g/mol. The SMILES string of the molecule is CC(C)(C)OC(=O)COc1ccc(Br)cc1I. The molecule has 0 bridgehead atoms. The van der Waals surface area contributed by atoms with E-state index in [1.807, 2.05) is 39.0 Å². The zero-order chi connectivity index (χ0) is 13.1. The van der Waals surface area contributed by atoms with E-state index in [2.05, 4.69) is 38.5 Å². The molecule has 0 unspecified atom stereocenters. The van der Waals surface area contributed by atoms with Gasteiger partial charge in [-0.2, -0.15) is 0 Å². The Morgan fingerprint density at radius 1 is 1.41 bits per heavy atom. The monoisotopic (exact) mass is 412 g/mol. The summed E-state index contributed by atoms with van der Waals surface area (Å²) in [6.45, 7) is 5.41. The second-order valence-electron chi connectivity index (χ2n) is 4.45. The van der Waals surface area contributed by atoms with E-state index >= 15 is 0 Å². The summed E-state index contributed by atoms with van der Waals surface area (Å²) >= 11 is 5.52. The molecule has 1 aromatic carbocycles. The molecule has 17 heavy (non-hydrogen) atoms. The van der Waals surface area contributed by atoms with Gasteiger partial charge in [-0.3, -0.25) is 0 Å². The van der Waals surface area contributed by atoms with Crippen molar-refractivity contribution in [2.45, 2.75) is 26.4 Å². The van der Waals surface area contributed by atoms with Crippen LogP contribution in [0.5, 0.6) is 5.75 Å². The largest absolute Gasteiger partial charge is 0.481 e. The molecule has 0 heterocycles. The highest BCUT2D eigenvalue weighted by molar-refractivity contribution is 14.1. The molecule has 0 spiro atoms. The number of ether oxygens (including phenoxy) is 2. The van der Waals surface area contributed by atoms with Gasteiger partial charge in [-0.15, -0.1) is 0 Å². The number of carbonyl (C=O) groups excluding carboxylic acids is 1. The van der Waals surface area contributed by atoms with E-state index in [-0.39, 0.29) is 12.6 Å². The van der Waals surface area contributed by atoms with Crippen LogP contribution in [0.1, 0.15) is 20.8 Å². The normalized spacial score (nSPS) is 11.1. The van der Waals surface area contributed by atoms with Crippen LogP contribution in [0.15, 0.2) is 22.7 Å². The molecule has 94 valence electrons. The van der Waals surface area contributed by atoms with E-state index in [1.54, 1.807) is 0 Å². The Morgan fingerprint density at radius 2 is 2.06 bits per heavy atom. The van der Waals surface area contributed by atoms with E-state index in [4.69, 9.17) is 9.47 Å². The van der Waals surface area contributed by atoms with Gasteiger partial charge in [-0.1, -0.05) is 15.9 Å². The number of rotatable bonds is 3. The van der Waals surface area contributed by atoms with Gasteiger partial charge >= 0.3 is 5.97 Å². The Hall–Kier alpha value is -0.300. The molecule has 0 radical (unpaired) electrons. The Morgan fingerprint density at radius 3 is 2.59 bits per heavy atom. The average Bonchev–Trinajstić information content (AvgIpc) is 2.13. The van der Waals surface area contributed by atoms with Crippen LogP contribution in [0.2, 0.25) is 0 Å². The molecule has 1 aromatic rings. The molecule has 0 saturated carbocycles. The highest BCUT2D eigenvalue weighted by Crippen LogP contribution is 2.24. The van der Waals surface area contributed by atoms with Gasteiger partial charge < -0.3 is 9.47 Å². The van der Waals surface area contributed by atoms with Crippen LogP contribution in [0.3, 0.4) is 0 Å². The third-order valence-corrected chi connectivity index (χ3v) is 3.00. The minimum absolute atomic E-state index is 0.0745. The summed E-state index contributed by atoms with van der Waals surface area (Å²) in [7, 11) is 0. The number of hydrogen-bond acceptors (Lipinski definition) is 3. The predicted molar refractivity (Wildman–Crippen MR) is 78.2 cm³/mol. The van der Waals surface area contributed by atoms with E-state index in [9.17, 15) is 4.79 Å². The second-order valence-corrected chi connectivity index (χ2v) is 6.53. The Bertz CT molecular complexity index is 413. The molecule has 0 amide bonds. The van der Waals surface area contributed by atoms with Gasteiger partial charge in [0.25, 0.3) is 0 Å². The maximum Gasteiger partial charge on any atom is 0.344 e. The fraction of sp³-hybridized carbons (Fsp3) is 0.417. The third-order valence-electron chi connectivity index (χ3n) is 1.66. The maximum atomic E-state index is 11.5. The van der Waals surface area contributed by atoms with Crippen molar-refractivity contribution in [2.75, 3.05) is 6.61 Å². The zero-order valence-electron chi connectivity index (χ0n) is 9.92. The highest BCUT2D eigenvalue weighted by Gasteiger charge is 2.16. The van der Waals surface area contributed by atoms with Crippen molar-refractivity contribution in [3.05, 3.63) is 26.2 Å². The molecule has 0 aliphatic carbocycles. The van der Waals surface area contributed by atoms with Gasteiger partial charge in [-0.25, -0.2) is 4.79 Å².